The number of hydrogen-bond donors (Lipinski definition) is 0. The average molecular weight is 278 g/mol. The smallest absolute Gasteiger partial charge is 0.288 e. The summed E-state index contributed by atoms with van der Waals surface area (Å²) in [6, 6.07) is 12.4. The number of rotatable bonds is 4. The number of thioether (sulfide) groups is 1. The minimum atomic E-state index is -2.40. The van der Waals surface area contributed by atoms with Crippen LogP contribution in [0.25, 0.3) is 11.1 Å². The highest BCUT2D eigenvalue weighted by Crippen LogP contribution is 2.29. The van der Waals surface area contributed by atoms with Crippen molar-refractivity contribution >= 4 is 18.0 Å². The molecule has 19 heavy (non-hydrogen) atoms. The first-order valence-corrected chi connectivity index (χ1v) is 6.59. The lowest BCUT2D eigenvalue weighted by Crippen LogP contribution is -1.87. The fourth-order valence-electron chi connectivity index (χ4n) is 1.90. The van der Waals surface area contributed by atoms with E-state index in [1.807, 2.05) is 31.2 Å². The van der Waals surface area contributed by atoms with E-state index in [0.717, 1.165) is 23.0 Å². The van der Waals surface area contributed by atoms with Gasteiger partial charge >= 0.3 is 0 Å². The number of carbonyl (C=O) groups is 1. The molecule has 0 saturated carbocycles. The van der Waals surface area contributed by atoms with Crippen LogP contribution < -0.4 is 0 Å². The Kier molecular flexibility index (Phi) is 4.32. The lowest BCUT2D eigenvalue weighted by molar-refractivity contribution is 0.112. The average Bonchev–Trinajstić information content (AvgIpc) is 2.39. The van der Waals surface area contributed by atoms with Crippen molar-refractivity contribution in [3.05, 3.63) is 53.6 Å². The van der Waals surface area contributed by atoms with Gasteiger partial charge in [0.2, 0.25) is 0 Å². The molecule has 0 aliphatic rings. The molecule has 0 heterocycles. The number of hydrogen-bond acceptors (Lipinski definition) is 2. The SMILES string of the molecule is Cc1cc(C=O)ccc1-c1ccc(SC(F)F)cc1. The Bertz CT molecular complexity index is 579. The Morgan fingerprint density at radius 2 is 1.79 bits per heavy atom. The van der Waals surface area contributed by atoms with Crippen molar-refractivity contribution in [2.45, 2.75) is 17.6 Å². The van der Waals surface area contributed by atoms with Gasteiger partial charge in [0.25, 0.3) is 5.76 Å². The van der Waals surface area contributed by atoms with Crippen LogP contribution in [0.1, 0.15) is 15.9 Å². The van der Waals surface area contributed by atoms with E-state index in [4.69, 9.17) is 0 Å². The third kappa shape index (κ3) is 3.41. The quantitative estimate of drug-likeness (QED) is 0.591. The van der Waals surface area contributed by atoms with Gasteiger partial charge in [-0.3, -0.25) is 4.79 Å². The molecule has 0 radical (unpaired) electrons. The molecule has 4 heteroatoms. The van der Waals surface area contributed by atoms with Crippen LogP contribution in [-0.4, -0.2) is 12.0 Å². The van der Waals surface area contributed by atoms with Crippen molar-refractivity contribution in [2.75, 3.05) is 0 Å². The van der Waals surface area contributed by atoms with E-state index < -0.39 is 5.76 Å². The highest BCUT2D eigenvalue weighted by Gasteiger charge is 2.06. The van der Waals surface area contributed by atoms with Crippen LogP contribution in [0.2, 0.25) is 0 Å². The molecule has 0 spiro atoms. The van der Waals surface area contributed by atoms with Crippen molar-refractivity contribution in [1.29, 1.82) is 0 Å². The Morgan fingerprint density at radius 1 is 1.11 bits per heavy atom. The molecule has 0 saturated heterocycles. The monoisotopic (exact) mass is 278 g/mol. The van der Waals surface area contributed by atoms with Gasteiger partial charge in [-0.2, -0.15) is 8.78 Å². The molecule has 0 unspecified atom stereocenters. The van der Waals surface area contributed by atoms with Crippen molar-refractivity contribution in [3.63, 3.8) is 0 Å². The highest BCUT2D eigenvalue weighted by molar-refractivity contribution is 7.99. The maximum Gasteiger partial charge on any atom is 0.288 e. The molecule has 2 rings (SSSR count). The maximum atomic E-state index is 12.2. The predicted molar refractivity (Wildman–Crippen MR) is 73.9 cm³/mol. The predicted octanol–water partition coefficient (Wildman–Crippen LogP) is 4.79. The van der Waals surface area contributed by atoms with Crippen LogP contribution in [0.3, 0.4) is 0 Å². The normalized spacial score (nSPS) is 10.7. The molecule has 1 nitrogen and oxygen atoms in total. The molecular formula is C15H12F2OS. The van der Waals surface area contributed by atoms with Gasteiger partial charge in [0, 0.05) is 10.5 Å². The van der Waals surface area contributed by atoms with Gasteiger partial charge in [0.05, 0.1) is 0 Å². The number of halogens is 2. The minimum Gasteiger partial charge on any atom is -0.298 e. The van der Waals surface area contributed by atoms with Crippen molar-refractivity contribution in [1.82, 2.24) is 0 Å². The Balaban J connectivity index is 2.29. The first-order valence-electron chi connectivity index (χ1n) is 5.71. The van der Waals surface area contributed by atoms with Gasteiger partial charge < -0.3 is 0 Å². The second-order valence-electron chi connectivity index (χ2n) is 4.10. The Labute approximate surface area is 114 Å². The first kappa shape index (κ1) is 13.7. The third-order valence-electron chi connectivity index (χ3n) is 2.78. The zero-order chi connectivity index (χ0) is 13.8. The largest absolute Gasteiger partial charge is 0.298 e. The van der Waals surface area contributed by atoms with E-state index in [-0.39, 0.29) is 0 Å². The van der Waals surface area contributed by atoms with Crippen LogP contribution in [0.4, 0.5) is 8.78 Å². The fraction of sp³-hybridized carbons (Fsp3) is 0.133. The molecule has 0 bridgehead atoms. The standard InChI is InChI=1S/C15H12F2OS/c1-10-8-11(9-18)2-7-14(10)12-3-5-13(6-4-12)19-15(16)17/h2-9,15H,1H3. The van der Waals surface area contributed by atoms with Gasteiger partial charge in [-0.25, -0.2) is 0 Å². The summed E-state index contributed by atoms with van der Waals surface area (Å²) in [6.07, 6.45) is 0.805. The van der Waals surface area contributed by atoms with Crippen LogP contribution in [0.15, 0.2) is 47.4 Å². The summed E-state index contributed by atoms with van der Waals surface area (Å²) in [5.41, 5.74) is 3.57. The zero-order valence-corrected chi connectivity index (χ0v) is 11.1. The Morgan fingerprint density at radius 3 is 2.32 bits per heavy atom. The van der Waals surface area contributed by atoms with E-state index in [1.54, 1.807) is 18.2 Å². The molecule has 0 aliphatic carbocycles. The third-order valence-corrected chi connectivity index (χ3v) is 3.50. The first-order chi connectivity index (χ1) is 9.10. The molecule has 0 fully saturated rings. The van der Waals surface area contributed by atoms with Crippen molar-refractivity contribution in [3.8, 4) is 11.1 Å². The fourth-order valence-corrected chi connectivity index (χ4v) is 2.40. The number of benzene rings is 2. The van der Waals surface area contributed by atoms with Crippen LogP contribution in [0.5, 0.6) is 0 Å². The maximum absolute atomic E-state index is 12.2. The lowest BCUT2D eigenvalue weighted by atomic mass is 9.99. The molecule has 0 aliphatic heterocycles. The van der Waals surface area contributed by atoms with E-state index >= 15 is 0 Å². The van der Waals surface area contributed by atoms with Gasteiger partial charge in [-0.15, -0.1) is 0 Å². The molecule has 0 atom stereocenters. The molecule has 0 N–H and O–H groups in total. The van der Waals surface area contributed by atoms with Gasteiger partial charge in [0.1, 0.15) is 6.29 Å². The Hall–Kier alpha value is -1.68. The highest BCUT2D eigenvalue weighted by atomic mass is 32.2. The lowest BCUT2D eigenvalue weighted by Gasteiger charge is -2.08. The summed E-state index contributed by atoms with van der Waals surface area (Å²) in [7, 11) is 0. The number of alkyl halides is 2. The molecule has 2 aromatic carbocycles. The van der Waals surface area contributed by atoms with Crippen LogP contribution in [0, 0.1) is 6.92 Å². The van der Waals surface area contributed by atoms with Gasteiger partial charge in [-0.05, 0) is 41.8 Å². The van der Waals surface area contributed by atoms with E-state index in [1.165, 1.54) is 0 Å². The van der Waals surface area contributed by atoms with Crippen molar-refractivity contribution < 1.29 is 13.6 Å². The second kappa shape index (κ2) is 5.97. The number of carbonyl (C=O) groups excluding carboxylic acids is 1. The summed E-state index contributed by atoms with van der Waals surface area (Å²) in [5.74, 6) is -2.40. The van der Waals surface area contributed by atoms with Crippen molar-refractivity contribution in [2.24, 2.45) is 0 Å². The van der Waals surface area contributed by atoms with E-state index in [2.05, 4.69) is 0 Å². The molecule has 2 aromatic rings. The molecule has 0 aromatic heterocycles. The summed E-state index contributed by atoms with van der Waals surface area (Å²) < 4.78 is 24.4. The summed E-state index contributed by atoms with van der Waals surface area (Å²) in [4.78, 5) is 11.2. The van der Waals surface area contributed by atoms with E-state index in [0.29, 0.717) is 22.2 Å². The van der Waals surface area contributed by atoms with Gasteiger partial charge in [-0.1, -0.05) is 36.0 Å². The summed E-state index contributed by atoms with van der Waals surface area (Å²) >= 11 is 0.533. The molecular weight excluding hydrogens is 266 g/mol. The number of aryl methyl sites for hydroxylation is 1. The molecule has 0 amide bonds. The number of aldehydes is 1. The van der Waals surface area contributed by atoms with E-state index in [9.17, 15) is 13.6 Å². The topological polar surface area (TPSA) is 17.1 Å². The summed E-state index contributed by atoms with van der Waals surface area (Å²) in [5, 5.41) is 0. The van der Waals surface area contributed by atoms with Crippen LogP contribution >= 0.6 is 11.8 Å². The zero-order valence-electron chi connectivity index (χ0n) is 10.3. The van der Waals surface area contributed by atoms with Crippen LogP contribution in [-0.2, 0) is 0 Å². The summed E-state index contributed by atoms with van der Waals surface area (Å²) in [6.45, 7) is 1.92. The molecule has 98 valence electrons. The second-order valence-corrected chi connectivity index (χ2v) is 5.16. The van der Waals surface area contributed by atoms with Gasteiger partial charge in [0.15, 0.2) is 0 Å². The minimum absolute atomic E-state index is 0.533.